The van der Waals surface area contributed by atoms with Crippen molar-refractivity contribution < 1.29 is 19.3 Å². The summed E-state index contributed by atoms with van der Waals surface area (Å²) in [6.45, 7) is 4.32. The summed E-state index contributed by atoms with van der Waals surface area (Å²) < 4.78 is 19.6. The maximum Gasteiger partial charge on any atom is 0.270 e. The number of nitrogens with zero attached hydrogens (tertiary/aromatic N) is 6. The van der Waals surface area contributed by atoms with Crippen molar-refractivity contribution in [1.82, 2.24) is 15.0 Å². The third-order valence-electron chi connectivity index (χ3n) is 6.19. The number of hydrogen-bond donors (Lipinski definition) is 3. The number of para-hydroxylation sites is 1. The fourth-order valence-electron chi connectivity index (χ4n) is 4.30. The van der Waals surface area contributed by atoms with Gasteiger partial charge in [-0.25, -0.2) is 9.37 Å². The van der Waals surface area contributed by atoms with Gasteiger partial charge in [0.15, 0.2) is 11.6 Å². The van der Waals surface area contributed by atoms with Gasteiger partial charge >= 0.3 is 0 Å². The van der Waals surface area contributed by atoms with E-state index in [4.69, 9.17) is 9.72 Å². The van der Waals surface area contributed by atoms with E-state index < -0.39 is 5.82 Å². The van der Waals surface area contributed by atoms with E-state index in [1.165, 1.54) is 0 Å². The summed E-state index contributed by atoms with van der Waals surface area (Å²) in [6.07, 6.45) is 1.76. The van der Waals surface area contributed by atoms with Crippen LogP contribution >= 0.6 is 0 Å². The summed E-state index contributed by atoms with van der Waals surface area (Å²) in [5.41, 5.74) is 4.24. The van der Waals surface area contributed by atoms with Gasteiger partial charge in [0.05, 0.1) is 36.5 Å². The molecule has 1 aliphatic heterocycles. The van der Waals surface area contributed by atoms with Crippen LogP contribution in [0.4, 0.5) is 27.5 Å². The molecule has 0 aliphatic carbocycles. The molecule has 3 N–H and O–H groups in total. The molecule has 0 amide bonds. The molecule has 1 saturated heterocycles. The molecular weight excluding hydrogens is 501 g/mol. The molecule has 2 aromatic carbocycles. The molecule has 0 bridgehead atoms. The lowest BCUT2D eigenvalue weighted by Gasteiger charge is -2.27. The molecule has 11 heteroatoms. The van der Waals surface area contributed by atoms with Gasteiger partial charge in [-0.2, -0.15) is 10.1 Å². The van der Waals surface area contributed by atoms with Gasteiger partial charge in [0.1, 0.15) is 18.0 Å². The summed E-state index contributed by atoms with van der Waals surface area (Å²) >= 11 is 0. The zero-order valence-corrected chi connectivity index (χ0v) is 21.4. The Kier molecular flexibility index (Phi) is 7.88. The van der Waals surface area contributed by atoms with E-state index in [9.17, 15) is 14.6 Å². The number of anilines is 3. The zero-order chi connectivity index (χ0) is 27.2. The lowest BCUT2D eigenvalue weighted by Crippen LogP contribution is -2.37. The number of nitrogens with one attached hydrogen (secondary N) is 1. The first-order valence-electron chi connectivity index (χ1n) is 12.6. The molecule has 2 aromatic heterocycles. The molecule has 0 saturated carbocycles. The molecule has 4 aromatic rings. The van der Waals surface area contributed by atoms with Crippen molar-refractivity contribution in [3.8, 4) is 22.6 Å². The molecule has 3 heterocycles. The smallest absolute Gasteiger partial charge is 0.270 e. The summed E-state index contributed by atoms with van der Waals surface area (Å²) in [5, 5.41) is 32.1. The van der Waals surface area contributed by atoms with E-state index in [1.54, 1.807) is 35.2 Å². The van der Waals surface area contributed by atoms with E-state index >= 15 is 0 Å². The number of phenols is 2. The van der Waals surface area contributed by atoms with Crippen molar-refractivity contribution in [2.45, 2.75) is 19.9 Å². The van der Waals surface area contributed by atoms with Crippen LogP contribution in [0.5, 0.6) is 11.5 Å². The third kappa shape index (κ3) is 6.27. The number of morpholine rings is 1. The Morgan fingerprint density at radius 3 is 2.67 bits per heavy atom. The normalized spacial score (nSPS) is 13.6. The number of hydrogen-bond acceptors (Lipinski definition) is 10. The summed E-state index contributed by atoms with van der Waals surface area (Å²) in [6, 6.07) is 15.8. The number of azo groups is 1. The molecule has 1 fully saturated rings. The maximum atomic E-state index is 14.2. The minimum atomic E-state index is -0.507. The quantitative estimate of drug-likeness (QED) is 0.255. The first kappa shape index (κ1) is 26.0. The summed E-state index contributed by atoms with van der Waals surface area (Å²) in [4.78, 5) is 14.7. The molecule has 5 rings (SSSR count). The molecular formula is C28H28FN7O3. The Hall–Kier alpha value is -4.64. The number of benzene rings is 2. The molecule has 200 valence electrons. The topological polar surface area (TPSA) is 128 Å². The lowest BCUT2D eigenvalue weighted by atomic mass is 10.0. The van der Waals surface area contributed by atoms with Gasteiger partial charge in [-0.15, -0.1) is 5.11 Å². The van der Waals surface area contributed by atoms with Gasteiger partial charge in [0.25, 0.3) is 5.95 Å². The van der Waals surface area contributed by atoms with Crippen LogP contribution in [0.2, 0.25) is 0 Å². The third-order valence-corrected chi connectivity index (χ3v) is 6.19. The van der Waals surface area contributed by atoms with Crippen LogP contribution in [0.15, 0.2) is 71.0 Å². The minimum absolute atomic E-state index is 0.0704. The number of phenolic OH excluding ortho intramolecular Hbond substituents is 2. The van der Waals surface area contributed by atoms with E-state index in [2.05, 4.69) is 25.5 Å². The van der Waals surface area contributed by atoms with Gasteiger partial charge in [-0.1, -0.05) is 25.1 Å². The lowest BCUT2D eigenvalue weighted by molar-refractivity contribution is 0.122. The van der Waals surface area contributed by atoms with Crippen molar-refractivity contribution in [2.24, 2.45) is 10.2 Å². The highest BCUT2D eigenvalue weighted by Gasteiger charge is 2.18. The van der Waals surface area contributed by atoms with Crippen LogP contribution in [0, 0.1) is 5.82 Å². The highest BCUT2D eigenvalue weighted by molar-refractivity contribution is 5.76. The van der Waals surface area contributed by atoms with Crippen molar-refractivity contribution in [2.75, 3.05) is 36.5 Å². The second-order valence-corrected chi connectivity index (χ2v) is 8.90. The zero-order valence-electron chi connectivity index (χ0n) is 21.4. The van der Waals surface area contributed by atoms with Gasteiger partial charge in [0, 0.05) is 30.4 Å². The van der Waals surface area contributed by atoms with E-state index in [1.807, 2.05) is 31.2 Å². The first-order valence-corrected chi connectivity index (χ1v) is 12.6. The highest BCUT2D eigenvalue weighted by Crippen LogP contribution is 2.34. The van der Waals surface area contributed by atoms with Crippen LogP contribution in [0.1, 0.15) is 18.3 Å². The first-order chi connectivity index (χ1) is 19.0. The molecule has 0 atom stereocenters. The Labute approximate surface area is 224 Å². The predicted octanol–water partition coefficient (Wildman–Crippen LogP) is 5.52. The number of ether oxygens (including phenoxy) is 1. The fraction of sp³-hybridized carbons (Fsp3) is 0.250. The predicted molar refractivity (Wildman–Crippen MR) is 145 cm³/mol. The van der Waals surface area contributed by atoms with Gasteiger partial charge in [-0.3, -0.25) is 4.98 Å². The average molecular weight is 530 g/mol. The molecule has 0 unspecified atom stereocenters. The summed E-state index contributed by atoms with van der Waals surface area (Å²) in [7, 11) is 0. The Morgan fingerprint density at radius 1 is 1.05 bits per heavy atom. The Morgan fingerprint density at radius 2 is 1.87 bits per heavy atom. The number of aromatic hydroxyl groups is 2. The van der Waals surface area contributed by atoms with Crippen molar-refractivity contribution >= 4 is 23.1 Å². The van der Waals surface area contributed by atoms with Crippen LogP contribution in [0.3, 0.4) is 0 Å². The van der Waals surface area contributed by atoms with E-state index in [0.29, 0.717) is 55.2 Å². The van der Waals surface area contributed by atoms with E-state index in [-0.39, 0.29) is 29.8 Å². The molecule has 1 aliphatic rings. The maximum absolute atomic E-state index is 14.2. The minimum Gasteiger partial charge on any atom is -0.508 e. The van der Waals surface area contributed by atoms with Crippen LogP contribution in [0.25, 0.3) is 11.1 Å². The SMILES string of the molecule is CCc1nc(CN=Nc2ncc(F)c(N3CCOCC3)n2)ccc1Nc1cc(O)cc(-c2ccccc2O)c1. The second-order valence-electron chi connectivity index (χ2n) is 8.90. The monoisotopic (exact) mass is 529 g/mol. The number of halogens is 1. The van der Waals surface area contributed by atoms with Gasteiger partial charge in [-0.05, 0) is 42.3 Å². The number of aromatic nitrogens is 3. The van der Waals surface area contributed by atoms with Crippen molar-refractivity contribution in [3.05, 3.63) is 78.0 Å². The van der Waals surface area contributed by atoms with E-state index in [0.717, 1.165) is 17.6 Å². The van der Waals surface area contributed by atoms with Crippen molar-refractivity contribution in [3.63, 3.8) is 0 Å². The molecule has 39 heavy (non-hydrogen) atoms. The Bertz CT molecular complexity index is 1490. The molecule has 0 radical (unpaired) electrons. The van der Waals surface area contributed by atoms with Crippen LogP contribution < -0.4 is 10.2 Å². The second kappa shape index (κ2) is 11.8. The van der Waals surface area contributed by atoms with Gasteiger partial charge < -0.3 is 25.2 Å². The summed E-state index contributed by atoms with van der Waals surface area (Å²) in [5.74, 6) is -0.0294. The Balaban J connectivity index is 1.30. The van der Waals surface area contributed by atoms with Crippen LogP contribution in [-0.4, -0.2) is 51.5 Å². The standard InChI is InChI=1S/C28H28FN7O3/c1-2-24-25(33-20-13-18(14-21(37)15-20)22-5-3-4-6-26(22)38)8-7-19(32-24)16-31-35-28-30-17-23(29)27(34-28)36-9-11-39-12-10-36/h3-8,13-15,17,33,37-38H,2,9-12,16H2,1H3. The average Bonchev–Trinajstić information content (AvgIpc) is 2.95. The van der Waals surface area contributed by atoms with Gasteiger partial charge in [0.2, 0.25) is 0 Å². The van der Waals surface area contributed by atoms with Crippen molar-refractivity contribution in [1.29, 1.82) is 0 Å². The largest absolute Gasteiger partial charge is 0.508 e. The number of aryl methyl sites for hydroxylation is 1. The molecule has 10 nitrogen and oxygen atoms in total. The fourth-order valence-corrected chi connectivity index (χ4v) is 4.30. The molecule has 0 spiro atoms. The highest BCUT2D eigenvalue weighted by atomic mass is 19.1. The number of rotatable bonds is 8. The van der Waals surface area contributed by atoms with Crippen LogP contribution in [-0.2, 0) is 17.7 Å². The number of pyridine rings is 1.